The first-order valence-corrected chi connectivity index (χ1v) is 12.7. The molecule has 0 aliphatic heterocycles. The number of pyridine rings is 1. The molecule has 0 fully saturated rings. The SMILES string of the molecule is [B]C([B])(c1cnc(-c2cccc(-c3ccccc3)c2)cc1S(C)(C)C)C(C)(C)C. The average molecular weight is 397 g/mol. The van der Waals surface area contributed by atoms with E-state index >= 15 is 0 Å². The van der Waals surface area contributed by atoms with Gasteiger partial charge in [0.25, 0.3) is 0 Å². The second-order valence-electron chi connectivity index (χ2n) is 9.47. The first kappa shape index (κ1) is 21.8. The van der Waals surface area contributed by atoms with Gasteiger partial charge in [0.05, 0.1) is 21.4 Å². The second-order valence-corrected chi connectivity index (χ2v) is 13.6. The molecule has 0 saturated carbocycles. The summed E-state index contributed by atoms with van der Waals surface area (Å²) in [6.45, 7) is 6.23. The van der Waals surface area contributed by atoms with Crippen molar-refractivity contribution in [3.8, 4) is 22.4 Å². The van der Waals surface area contributed by atoms with E-state index in [2.05, 4.69) is 94.1 Å². The minimum absolute atomic E-state index is 0.289. The van der Waals surface area contributed by atoms with Gasteiger partial charge in [0.1, 0.15) is 0 Å². The highest BCUT2D eigenvalue weighted by molar-refractivity contribution is 8.32. The number of rotatable bonds is 4. The highest BCUT2D eigenvalue weighted by atomic mass is 32.3. The molecule has 4 heteroatoms. The molecule has 1 heterocycles. The van der Waals surface area contributed by atoms with Crippen LogP contribution in [0.1, 0.15) is 26.3 Å². The molecule has 3 aromatic rings. The van der Waals surface area contributed by atoms with Crippen molar-refractivity contribution < 1.29 is 0 Å². The summed E-state index contributed by atoms with van der Waals surface area (Å²) in [6, 6.07) is 21.1. The maximum absolute atomic E-state index is 6.65. The normalized spacial score (nSPS) is 13.3. The van der Waals surface area contributed by atoms with E-state index in [-0.39, 0.29) is 5.41 Å². The number of nitrogens with zero attached hydrogens (tertiary/aromatic N) is 1. The zero-order valence-corrected chi connectivity index (χ0v) is 19.2. The van der Waals surface area contributed by atoms with Crippen molar-refractivity contribution in [2.45, 2.75) is 30.9 Å². The van der Waals surface area contributed by atoms with Crippen LogP contribution in [0.2, 0.25) is 0 Å². The quantitative estimate of drug-likeness (QED) is 0.492. The van der Waals surface area contributed by atoms with Gasteiger partial charge in [0.15, 0.2) is 0 Å². The van der Waals surface area contributed by atoms with E-state index in [1.165, 1.54) is 16.0 Å². The molecule has 0 unspecified atom stereocenters. The van der Waals surface area contributed by atoms with Crippen molar-refractivity contribution in [3.05, 3.63) is 72.4 Å². The van der Waals surface area contributed by atoms with Crippen LogP contribution < -0.4 is 0 Å². The molecule has 0 aliphatic rings. The third-order valence-corrected chi connectivity index (χ3v) is 7.14. The number of hydrogen-bond donors (Lipinski definition) is 0. The van der Waals surface area contributed by atoms with Crippen molar-refractivity contribution >= 4 is 25.7 Å². The Labute approximate surface area is 180 Å². The van der Waals surface area contributed by atoms with Gasteiger partial charge in [-0.25, -0.2) is 10.0 Å². The monoisotopic (exact) mass is 397 g/mol. The number of benzene rings is 2. The summed E-state index contributed by atoms with van der Waals surface area (Å²) in [5.74, 6) is 0. The van der Waals surface area contributed by atoms with Crippen molar-refractivity contribution in [2.75, 3.05) is 18.8 Å². The van der Waals surface area contributed by atoms with Crippen molar-refractivity contribution in [1.29, 1.82) is 0 Å². The lowest BCUT2D eigenvalue weighted by Gasteiger charge is -2.44. The lowest BCUT2D eigenvalue weighted by Crippen LogP contribution is -2.42. The Morgan fingerprint density at radius 3 is 1.93 bits per heavy atom. The standard InChI is InChI=1S/C25H29B2NS/c1-24(2,3)25(26,27)21-17-28-22(16-23(21)29(4,5)6)20-14-10-13-19(15-20)18-11-8-7-9-12-18/h7-17H,1-6H3. The van der Waals surface area contributed by atoms with E-state index in [1.807, 2.05) is 12.3 Å². The molecule has 4 radical (unpaired) electrons. The van der Waals surface area contributed by atoms with Crippen LogP contribution in [0.25, 0.3) is 22.4 Å². The molecule has 3 rings (SSSR count). The Morgan fingerprint density at radius 2 is 1.34 bits per heavy atom. The topological polar surface area (TPSA) is 12.9 Å². The van der Waals surface area contributed by atoms with Crippen molar-refractivity contribution in [2.24, 2.45) is 5.41 Å². The fourth-order valence-corrected chi connectivity index (χ4v) is 4.65. The number of aromatic nitrogens is 1. The van der Waals surface area contributed by atoms with Gasteiger partial charge in [-0.3, -0.25) is 4.98 Å². The number of hydrogen-bond acceptors (Lipinski definition) is 1. The summed E-state index contributed by atoms with van der Waals surface area (Å²) in [4.78, 5) is 6.01. The molecule has 29 heavy (non-hydrogen) atoms. The summed E-state index contributed by atoms with van der Waals surface area (Å²) in [5.41, 5.74) is 5.08. The van der Waals surface area contributed by atoms with Gasteiger partial charge in [0.2, 0.25) is 0 Å². The van der Waals surface area contributed by atoms with E-state index in [1.54, 1.807) is 0 Å². The maximum Gasteiger partial charge on any atom is 0.0712 e. The Morgan fingerprint density at radius 1 is 0.759 bits per heavy atom. The minimum Gasteiger partial charge on any atom is -0.256 e. The third kappa shape index (κ3) is 4.48. The third-order valence-electron chi connectivity index (χ3n) is 5.48. The zero-order chi connectivity index (χ0) is 21.4. The molecule has 0 atom stereocenters. The van der Waals surface area contributed by atoms with Crippen molar-refractivity contribution in [3.63, 3.8) is 0 Å². The molecule has 0 bridgehead atoms. The summed E-state index contributed by atoms with van der Waals surface area (Å²) in [5, 5.41) is -0.958. The largest absolute Gasteiger partial charge is 0.256 e. The lowest BCUT2D eigenvalue weighted by atomic mass is 9.41. The Hall–Kier alpha value is -1.93. The Balaban J connectivity index is 2.14. The van der Waals surface area contributed by atoms with Crippen LogP contribution >= 0.6 is 10.0 Å². The van der Waals surface area contributed by atoms with E-state index < -0.39 is 15.2 Å². The van der Waals surface area contributed by atoms with Crippen LogP contribution in [0.3, 0.4) is 0 Å². The molecule has 0 spiro atoms. The maximum atomic E-state index is 6.65. The van der Waals surface area contributed by atoms with Gasteiger partial charge in [-0.2, -0.15) is 0 Å². The first-order chi connectivity index (χ1) is 13.4. The predicted molar refractivity (Wildman–Crippen MR) is 131 cm³/mol. The van der Waals surface area contributed by atoms with E-state index in [4.69, 9.17) is 20.7 Å². The van der Waals surface area contributed by atoms with Crippen LogP contribution in [-0.4, -0.2) is 39.4 Å². The van der Waals surface area contributed by atoms with E-state index in [9.17, 15) is 0 Å². The molecule has 1 nitrogen and oxygen atoms in total. The molecule has 0 amide bonds. The van der Waals surface area contributed by atoms with Gasteiger partial charge in [-0.05, 0) is 57.9 Å². The van der Waals surface area contributed by atoms with Crippen LogP contribution in [-0.2, 0) is 5.21 Å². The second kappa shape index (κ2) is 7.72. The van der Waals surface area contributed by atoms with Crippen LogP contribution in [0.15, 0.2) is 71.8 Å². The van der Waals surface area contributed by atoms with E-state index in [0.717, 1.165) is 16.8 Å². The van der Waals surface area contributed by atoms with Gasteiger partial charge in [-0.1, -0.05) is 74.5 Å². The first-order valence-electron chi connectivity index (χ1n) is 9.84. The average Bonchev–Trinajstić information content (AvgIpc) is 2.67. The highest BCUT2D eigenvalue weighted by Gasteiger charge is 2.36. The summed E-state index contributed by atoms with van der Waals surface area (Å²) in [6.07, 6.45) is 8.71. The molecule has 146 valence electrons. The fraction of sp³-hybridized carbons (Fsp3) is 0.320. The predicted octanol–water partition coefficient (Wildman–Crippen LogP) is 6.00. The Bertz CT molecular complexity index is 999. The molecule has 0 aliphatic carbocycles. The van der Waals surface area contributed by atoms with Crippen molar-refractivity contribution in [1.82, 2.24) is 4.98 Å². The van der Waals surface area contributed by atoms with Gasteiger partial charge in [0, 0.05) is 11.8 Å². The van der Waals surface area contributed by atoms with Crippen LogP contribution in [0.4, 0.5) is 0 Å². The highest BCUT2D eigenvalue weighted by Crippen LogP contribution is 2.52. The summed E-state index contributed by atoms with van der Waals surface area (Å²) in [7, 11) is 12.2. The molecular weight excluding hydrogens is 368 g/mol. The molecular formula is C25H29B2NS. The molecule has 0 saturated heterocycles. The summed E-state index contributed by atoms with van der Waals surface area (Å²) >= 11 is 0. The summed E-state index contributed by atoms with van der Waals surface area (Å²) < 4.78 is 0. The fourth-order valence-electron chi connectivity index (χ4n) is 3.30. The smallest absolute Gasteiger partial charge is 0.0712 e. The van der Waals surface area contributed by atoms with Crippen LogP contribution in [0, 0.1) is 5.41 Å². The van der Waals surface area contributed by atoms with Gasteiger partial charge in [-0.15, -0.1) is 0 Å². The molecule has 2 aromatic carbocycles. The van der Waals surface area contributed by atoms with Gasteiger partial charge < -0.3 is 0 Å². The molecule has 1 aromatic heterocycles. The van der Waals surface area contributed by atoms with E-state index in [0.29, 0.717) is 0 Å². The van der Waals surface area contributed by atoms with Crippen LogP contribution in [0.5, 0.6) is 0 Å². The minimum atomic E-state index is -1.07. The Kier molecular flexibility index (Phi) is 5.80. The zero-order valence-electron chi connectivity index (χ0n) is 18.4. The van der Waals surface area contributed by atoms with Gasteiger partial charge >= 0.3 is 0 Å². The molecule has 0 N–H and O–H groups in total. The lowest BCUT2D eigenvalue weighted by molar-refractivity contribution is 0.354.